The van der Waals surface area contributed by atoms with Crippen LogP contribution in [0.5, 0.6) is 11.5 Å². The number of ether oxygens (including phenoxy) is 2. The maximum atomic E-state index is 8.85. The first-order valence-corrected chi connectivity index (χ1v) is 6.35. The van der Waals surface area contributed by atoms with Gasteiger partial charge in [-0.15, -0.1) is 0 Å². The highest BCUT2D eigenvalue weighted by Gasteiger charge is 2.09. The molecule has 0 fully saturated rings. The van der Waals surface area contributed by atoms with Gasteiger partial charge >= 0.3 is 0 Å². The van der Waals surface area contributed by atoms with Gasteiger partial charge in [-0.3, -0.25) is 4.68 Å². The molecule has 0 spiro atoms. The summed E-state index contributed by atoms with van der Waals surface area (Å²) in [5.74, 6) is 1.44. The summed E-state index contributed by atoms with van der Waals surface area (Å²) >= 11 is 0. The maximum Gasteiger partial charge on any atom is 0.165 e. The summed E-state index contributed by atoms with van der Waals surface area (Å²) in [5.41, 5.74) is 1.89. The van der Waals surface area contributed by atoms with E-state index in [2.05, 4.69) is 10.4 Å². The molecular weight excluding hydrogens is 258 g/mol. The second kappa shape index (κ2) is 6.81. The van der Waals surface area contributed by atoms with Gasteiger partial charge in [-0.1, -0.05) is 12.1 Å². The Hall–Kier alpha value is -2.21. The topological polar surface area (TPSA) is 68.5 Å². The van der Waals surface area contributed by atoms with Crippen LogP contribution in [0.2, 0.25) is 0 Å². The van der Waals surface area contributed by atoms with Crippen LogP contribution in [-0.2, 0) is 13.1 Å². The SMILES string of the molecule is COc1cccc(CNc2cnn(CCO)c2)c1OC. The van der Waals surface area contributed by atoms with Crippen LogP contribution in [0.4, 0.5) is 5.69 Å². The number of hydrogen-bond acceptors (Lipinski definition) is 5. The number of nitrogens with one attached hydrogen (secondary N) is 1. The molecular formula is C14H19N3O3. The van der Waals surface area contributed by atoms with Gasteiger partial charge in [0.1, 0.15) is 0 Å². The van der Waals surface area contributed by atoms with Crippen LogP contribution >= 0.6 is 0 Å². The molecule has 6 nitrogen and oxygen atoms in total. The molecule has 0 bridgehead atoms. The van der Waals surface area contributed by atoms with Crippen molar-refractivity contribution in [3.05, 3.63) is 36.2 Å². The van der Waals surface area contributed by atoms with E-state index in [-0.39, 0.29) is 6.61 Å². The van der Waals surface area contributed by atoms with Gasteiger partial charge in [-0.2, -0.15) is 5.10 Å². The standard InChI is InChI=1S/C14H19N3O3/c1-19-13-5-3-4-11(14(13)20-2)8-15-12-9-16-17(10-12)6-7-18/h3-5,9-10,15,18H,6-8H2,1-2H3. The predicted octanol–water partition coefficient (Wildman–Crippen LogP) is 1.50. The minimum Gasteiger partial charge on any atom is -0.493 e. The van der Waals surface area contributed by atoms with Gasteiger partial charge in [0.2, 0.25) is 0 Å². The van der Waals surface area contributed by atoms with Crippen molar-refractivity contribution in [2.24, 2.45) is 0 Å². The zero-order valence-corrected chi connectivity index (χ0v) is 11.7. The molecule has 0 aliphatic heterocycles. The quantitative estimate of drug-likeness (QED) is 0.803. The van der Waals surface area contributed by atoms with Crippen LogP contribution < -0.4 is 14.8 Å². The highest BCUT2D eigenvalue weighted by Crippen LogP contribution is 2.31. The van der Waals surface area contributed by atoms with Crippen LogP contribution in [0.3, 0.4) is 0 Å². The van der Waals surface area contributed by atoms with Gasteiger partial charge in [0.25, 0.3) is 0 Å². The summed E-state index contributed by atoms with van der Waals surface area (Å²) in [4.78, 5) is 0. The third-order valence-electron chi connectivity index (χ3n) is 2.93. The number of para-hydroxylation sites is 1. The molecule has 20 heavy (non-hydrogen) atoms. The zero-order valence-electron chi connectivity index (χ0n) is 11.7. The lowest BCUT2D eigenvalue weighted by Crippen LogP contribution is -2.03. The fourth-order valence-electron chi connectivity index (χ4n) is 1.97. The second-order valence-corrected chi connectivity index (χ2v) is 4.22. The number of aliphatic hydroxyl groups is 1. The molecule has 108 valence electrons. The van der Waals surface area contributed by atoms with E-state index in [0.29, 0.717) is 18.8 Å². The van der Waals surface area contributed by atoms with Gasteiger partial charge in [0, 0.05) is 18.3 Å². The molecule has 0 saturated carbocycles. The van der Waals surface area contributed by atoms with E-state index in [1.807, 2.05) is 24.4 Å². The molecule has 1 heterocycles. The lowest BCUT2D eigenvalue weighted by Gasteiger charge is -2.12. The average Bonchev–Trinajstić information content (AvgIpc) is 2.92. The van der Waals surface area contributed by atoms with E-state index in [1.54, 1.807) is 25.1 Å². The Labute approximate surface area is 117 Å². The van der Waals surface area contributed by atoms with E-state index in [4.69, 9.17) is 14.6 Å². The van der Waals surface area contributed by atoms with Gasteiger partial charge in [-0.05, 0) is 6.07 Å². The number of rotatable bonds is 7. The lowest BCUT2D eigenvalue weighted by molar-refractivity contribution is 0.269. The fraction of sp³-hybridized carbons (Fsp3) is 0.357. The van der Waals surface area contributed by atoms with Gasteiger partial charge in [-0.25, -0.2) is 0 Å². The molecule has 6 heteroatoms. The van der Waals surface area contributed by atoms with Crippen molar-refractivity contribution in [1.29, 1.82) is 0 Å². The molecule has 0 atom stereocenters. The molecule has 0 unspecified atom stereocenters. The molecule has 0 aliphatic rings. The van der Waals surface area contributed by atoms with Crippen molar-refractivity contribution < 1.29 is 14.6 Å². The van der Waals surface area contributed by atoms with Crippen LogP contribution in [0, 0.1) is 0 Å². The van der Waals surface area contributed by atoms with Crippen LogP contribution in [-0.4, -0.2) is 35.7 Å². The molecule has 2 rings (SSSR count). The van der Waals surface area contributed by atoms with E-state index < -0.39 is 0 Å². The first kappa shape index (κ1) is 14.2. The number of aliphatic hydroxyl groups excluding tert-OH is 1. The Kier molecular flexibility index (Phi) is 4.84. The Morgan fingerprint density at radius 2 is 2.15 bits per heavy atom. The Balaban J connectivity index is 2.06. The molecule has 2 N–H and O–H groups in total. The van der Waals surface area contributed by atoms with Gasteiger partial charge < -0.3 is 19.9 Å². The normalized spacial score (nSPS) is 10.3. The number of anilines is 1. The first-order valence-electron chi connectivity index (χ1n) is 6.35. The minimum atomic E-state index is 0.0742. The van der Waals surface area contributed by atoms with Gasteiger partial charge in [0.15, 0.2) is 11.5 Å². The van der Waals surface area contributed by atoms with E-state index in [0.717, 1.165) is 17.0 Å². The molecule has 1 aromatic heterocycles. The van der Waals surface area contributed by atoms with Gasteiger partial charge in [0.05, 0.1) is 39.3 Å². The minimum absolute atomic E-state index is 0.0742. The zero-order chi connectivity index (χ0) is 14.4. The Bertz CT molecular complexity index is 554. The average molecular weight is 277 g/mol. The number of aromatic nitrogens is 2. The van der Waals surface area contributed by atoms with Crippen molar-refractivity contribution in [2.45, 2.75) is 13.1 Å². The third-order valence-corrected chi connectivity index (χ3v) is 2.93. The highest BCUT2D eigenvalue weighted by molar-refractivity contribution is 5.49. The van der Waals surface area contributed by atoms with Crippen LogP contribution in [0.1, 0.15) is 5.56 Å². The largest absolute Gasteiger partial charge is 0.493 e. The molecule has 0 saturated heterocycles. The summed E-state index contributed by atoms with van der Waals surface area (Å²) in [6.45, 7) is 1.17. The van der Waals surface area contributed by atoms with E-state index >= 15 is 0 Å². The number of methoxy groups -OCH3 is 2. The molecule has 0 radical (unpaired) electrons. The van der Waals surface area contributed by atoms with E-state index in [1.165, 1.54) is 0 Å². The maximum absolute atomic E-state index is 8.85. The smallest absolute Gasteiger partial charge is 0.165 e. The molecule has 0 amide bonds. The molecule has 1 aromatic carbocycles. The molecule has 0 aliphatic carbocycles. The summed E-state index contributed by atoms with van der Waals surface area (Å²) < 4.78 is 12.3. The van der Waals surface area contributed by atoms with Crippen LogP contribution in [0.25, 0.3) is 0 Å². The number of hydrogen-bond donors (Lipinski definition) is 2. The van der Waals surface area contributed by atoms with Crippen molar-refractivity contribution in [1.82, 2.24) is 9.78 Å². The summed E-state index contributed by atoms with van der Waals surface area (Å²) in [5, 5.41) is 16.2. The summed E-state index contributed by atoms with van der Waals surface area (Å²) in [6.07, 6.45) is 3.57. The van der Waals surface area contributed by atoms with E-state index in [9.17, 15) is 0 Å². The Morgan fingerprint density at radius 1 is 1.30 bits per heavy atom. The fourth-order valence-corrected chi connectivity index (χ4v) is 1.97. The number of benzene rings is 1. The number of nitrogens with zero attached hydrogens (tertiary/aromatic N) is 2. The third kappa shape index (κ3) is 3.21. The Morgan fingerprint density at radius 3 is 2.85 bits per heavy atom. The second-order valence-electron chi connectivity index (χ2n) is 4.22. The summed E-state index contributed by atoms with van der Waals surface area (Å²) in [6, 6.07) is 5.77. The lowest BCUT2D eigenvalue weighted by atomic mass is 10.2. The predicted molar refractivity (Wildman–Crippen MR) is 76.2 cm³/mol. The summed E-state index contributed by atoms with van der Waals surface area (Å²) in [7, 11) is 3.24. The van der Waals surface area contributed by atoms with Crippen molar-refractivity contribution in [2.75, 3.05) is 26.1 Å². The molecule has 2 aromatic rings. The van der Waals surface area contributed by atoms with Crippen molar-refractivity contribution in [3.63, 3.8) is 0 Å². The van der Waals surface area contributed by atoms with Crippen molar-refractivity contribution in [3.8, 4) is 11.5 Å². The van der Waals surface area contributed by atoms with Crippen LogP contribution in [0.15, 0.2) is 30.6 Å². The monoisotopic (exact) mass is 277 g/mol. The first-order chi connectivity index (χ1) is 9.78. The highest BCUT2D eigenvalue weighted by atomic mass is 16.5. The van der Waals surface area contributed by atoms with Crippen molar-refractivity contribution >= 4 is 5.69 Å².